The first-order chi connectivity index (χ1) is 8.13. The van der Waals surface area contributed by atoms with Gasteiger partial charge >= 0.3 is 0 Å². The predicted octanol–water partition coefficient (Wildman–Crippen LogP) is 3.99. The van der Waals surface area contributed by atoms with Gasteiger partial charge in [0, 0.05) is 39.3 Å². The number of thioether (sulfide) groups is 3. The lowest BCUT2D eigenvalue weighted by Crippen LogP contribution is -2.15. The van der Waals surface area contributed by atoms with E-state index in [9.17, 15) is 0 Å². The van der Waals surface area contributed by atoms with Gasteiger partial charge in [0.05, 0.1) is 4.58 Å². The molecular weight excluding hydrogens is 345 g/mol. The third-order valence-electron chi connectivity index (χ3n) is 1.90. The number of hydrogen-bond acceptors (Lipinski definition) is 7. The van der Waals surface area contributed by atoms with Gasteiger partial charge in [-0.3, -0.25) is 0 Å². The summed E-state index contributed by atoms with van der Waals surface area (Å²) >= 11 is 23.3. The minimum Gasteiger partial charge on any atom is -0.178 e. The molecule has 0 aromatic heterocycles. The molecule has 0 aliphatic rings. The Morgan fingerprint density at radius 3 is 1.82 bits per heavy atom. The largest absolute Gasteiger partial charge is 0.178 e. The van der Waals surface area contributed by atoms with Crippen LogP contribution in [-0.4, -0.2) is 49.6 Å². The van der Waals surface area contributed by atoms with Crippen molar-refractivity contribution >= 4 is 85.8 Å². The van der Waals surface area contributed by atoms with E-state index in [1.165, 1.54) is 11.5 Å². The SMILES string of the molecule is CCSC(CS)CSCC(CS)SCC(S)S. The fourth-order valence-corrected chi connectivity index (χ4v) is 6.22. The Morgan fingerprint density at radius 2 is 1.41 bits per heavy atom. The molecule has 0 aliphatic carbocycles. The van der Waals surface area contributed by atoms with Gasteiger partial charge in [-0.2, -0.15) is 85.8 Å². The lowest BCUT2D eigenvalue weighted by molar-refractivity contribution is 1.12. The van der Waals surface area contributed by atoms with Crippen molar-refractivity contribution in [2.45, 2.75) is 22.0 Å². The molecule has 2 atom stereocenters. The van der Waals surface area contributed by atoms with Crippen LogP contribution in [0.15, 0.2) is 0 Å². The Hall–Kier alpha value is 2.45. The Labute approximate surface area is 141 Å². The van der Waals surface area contributed by atoms with E-state index >= 15 is 0 Å². The predicted molar refractivity (Wildman–Crippen MR) is 105 cm³/mol. The summed E-state index contributed by atoms with van der Waals surface area (Å²) in [6.45, 7) is 2.21. The second-order valence-corrected chi connectivity index (χ2v) is 9.79. The average Bonchev–Trinajstić information content (AvgIpc) is 2.31. The van der Waals surface area contributed by atoms with E-state index in [0.29, 0.717) is 10.5 Å². The lowest BCUT2D eigenvalue weighted by atomic mass is 10.5. The molecular formula is C10H22S7. The summed E-state index contributed by atoms with van der Waals surface area (Å²) in [6, 6.07) is 0. The molecule has 0 saturated heterocycles. The highest BCUT2D eigenvalue weighted by molar-refractivity contribution is 8.07. The standard InChI is InChI=1S/C10H22S7/c1-2-16-8(3-11)5-15-6-9(4-12)17-7-10(13)14/h8-14H,2-7H2,1H3. The van der Waals surface area contributed by atoms with Gasteiger partial charge in [0.2, 0.25) is 0 Å². The minimum atomic E-state index is 0.174. The van der Waals surface area contributed by atoms with Crippen LogP contribution in [0.3, 0.4) is 0 Å². The average molecular weight is 367 g/mol. The second kappa shape index (κ2) is 13.4. The topological polar surface area (TPSA) is 0 Å². The van der Waals surface area contributed by atoms with Crippen molar-refractivity contribution in [3.05, 3.63) is 0 Å². The van der Waals surface area contributed by atoms with E-state index in [-0.39, 0.29) is 4.58 Å². The highest BCUT2D eigenvalue weighted by Crippen LogP contribution is 2.24. The zero-order valence-corrected chi connectivity index (χ0v) is 16.0. The summed E-state index contributed by atoms with van der Waals surface area (Å²) < 4.78 is 0.174. The molecule has 0 heterocycles. The van der Waals surface area contributed by atoms with Crippen LogP contribution in [0, 0.1) is 0 Å². The second-order valence-electron chi connectivity index (χ2n) is 3.42. The van der Waals surface area contributed by atoms with Crippen molar-refractivity contribution in [1.29, 1.82) is 0 Å². The van der Waals surface area contributed by atoms with Gasteiger partial charge in [-0.25, -0.2) is 0 Å². The summed E-state index contributed by atoms with van der Waals surface area (Å²) in [7, 11) is 0. The molecule has 0 amide bonds. The molecule has 0 bridgehead atoms. The molecule has 0 saturated carbocycles. The van der Waals surface area contributed by atoms with Crippen LogP contribution in [0.1, 0.15) is 6.92 Å². The van der Waals surface area contributed by atoms with Crippen LogP contribution in [0.4, 0.5) is 0 Å². The lowest BCUT2D eigenvalue weighted by Gasteiger charge is -2.17. The molecule has 0 aromatic carbocycles. The minimum absolute atomic E-state index is 0.174. The normalized spacial score (nSPS) is 15.2. The first-order valence-corrected chi connectivity index (χ1v) is 11.1. The van der Waals surface area contributed by atoms with Crippen molar-refractivity contribution < 1.29 is 0 Å². The van der Waals surface area contributed by atoms with E-state index < -0.39 is 0 Å². The van der Waals surface area contributed by atoms with Crippen LogP contribution in [-0.2, 0) is 0 Å². The Morgan fingerprint density at radius 1 is 0.882 bits per heavy atom. The molecule has 0 spiro atoms. The van der Waals surface area contributed by atoms with Gasteiger partial charge in [-0.15, -0.1) is 0 Å². The molecule has 0 rings (SSSR count). The van der Waals surface area contributed by atoms with Crippen molar-refractivity contribution in [3.8, 4) is 0 Å². The third-order valence-corrected chi connectivity index (χ3v) is 8.30. The number of hydrogen-bond donors (Lipinski definition) is 4. The van der Waals surface area contributed by atoms with Crippen molar-refractivity contribution in [1.82, 2.24) is 0 Å². The molecule has 0 N–H and O–H groups in total. The molecule has 2 unspecified atom stereocenters. The molecule has 0 nitrogen and oxygen atoms in total. The van der Waals surface area contributed by atoms with Crippen LogP contribution < -0.4 is 0 Å². The highest BCUT2D eigenvalue weighted by atomic mass is 32.2. The smallest absolute Gasteiger partial charge is 0.0532 e. The molecule has 104 valence electrons. The summed E-state index contributed by atoms with van der Waals surface area (Å²) in [5.74, 6) is 6.42. The van der Waals surface area contributed by atoms with Gasteiger partial charge < -0.3 is 0 Å². The Balaban J connectivity index is 3.67. The number of thiol groups is 4. The molecule has 0 radical (unpaired) electrons. The maximum atomic E-state index is 4.40. The zero-order chi connectivity index (χ0) is 13.1. The summed E-state index contributed by atoms with van der Waals surface area (Å²) in [5.41, 5.74) is 0. The van der Waals surface area contributed by atoms with Gasteiger partial charge in [0.25, 0.3) is 0 Å². The first kappa shape index (κ1) is 19.4. The molecule has 0 aromatic rings. The third kappa shape index (κ3) is 11.9. The van der Waals surface area contributed by atoms with E-state index in [2.05, 4.69) is 57.4 Å². The van der Waals surface area contributed by atoms with E-state index in [1.54, 1.807) is 0 Å². The maximum Gasteiger partial charge on any atom is 0.0532 e. The quantitative estimate of drug-likeness (QED) is 0.323. The van der Waals surface area contributed by atoms with Crippen molar-refractivity contribution in [3.63, 3.8) is 0 Å². The van der Waals surface area contributed by atoms with Gasteiger partial charge in [-0.1, -0.05) is 6.92 Å². The van der Waals surface area contributed by atoms with Gasteiger partial charge in [0.1, 0.15) is 0 Å². The fourth-order valence-electron chi connectivity index (χ4n) is 1.10. The van der Waals surface area contributed by atoms with Gasteiger partial charge in [-0.05, 0) is 5.75 Å². The first-order valence-electron chi connectivity index (χ1n) is 5.52. The monoisotopic (exact) mass is 366 g/mol. The van der Waals surface area contributed by atoms with Crippen LogP contribution in [0.5, 0.6) is 0 Å². The van der Waals surface area contributed by atoms with E-state index in [1.807, 2.05) is 35.3 Å². The van der Waals surface area contributed by atoms with E-state index in [0.717, 1.165) is 23.0 Å². The van der Waals surface area contributed by atoms with E-state index in [4.69, 9.17) is 0 Å². The summed E-state index contributed by atoms with van der Waals surface area (Å²) in [6.07, 6.45) is 0. The molecule has 0 fully saturated rings. The molecule has 0 aliphatic heterocycles. The summed E-state index contributed by atoms with van der Waals surface area (Å²) in [4.78, 5) is 0. The molecule has 17 heavy (non-hydrogen) atoms. The Kier molecular flexibility index (Phi) is 15.4. The number of rotatable bonds is 11. The van der Waals surface area contributed by atoms with Crippen LogP contribution >= 0.6 is 85.8 Å². The summed E-state index contributed by atoms with van der Waals surface area (Å²) in [5, 5.41) is 1.29. The fraction of sp³-hybridized carbons (Fsp3) is 1.00. The van der Waals surface area contributed by atoms with Crippen molar-refractivity contribution in [2.75, 3.05) is 34.5 Å². The molecule has 7 heteroatoms. The highest BCUT2D eigenvalue weighted by Gasteiger charge is 2.11. The zero-order valence-electron chi connectivity index (χ0n) is 9.99. The van der Waals surface area contributed by atoms with Crippen LogP contribution in [0.25, 0.3) is 0 Å². The Bertz CT molecular complexity index is 165. The maximum absolute atomic E-state index is 4.40. The van der Waals surface area contributed by atoms with Gasteiger partial charge in [0.15, 0.2) is 0 Å². The van der Waals surface area contributed by atoms with Crippen molar-refractivity contribution in [2.24, 2.45) is 0 Å². The van der Waals surface area contributed by atoms with Crippen LogP contribution in [0.2, 0.25) is 0 Å².